The average molecular weight is 278 g/mol. The monoisotopic (exact) mass is 278 g/mol. The Hall–Kier alpha value is -1.85. The third-order valence-corrected chi connectivity index (χ3v) is 4.04. The average Bonchev–Trinajstić information content (AvgIpc) is 2.79. The minimum Gasteiger partial charge on any atom is -0.350 e. The second-order valence-electron chi connectivity index (χ2n) is 5.71. The Morgan fingerprint density at radius 2 is 2.25 bits per heavy atom. The van der Waals surface area contributed by atoms with E-state index in [4.69, 9.17) is 0 Å². The lowest BCUT2D eigenvalue weighted by atomic mass is 10.1. The number of aromatic nitrogens is 1. The molecule has 2 aliphatic rings. The molecule has 0 saturated carbocycles. The Morgan fingerprint density at radius 1 is 1.45 bits per heavy atom. The third-order valence-electron chi connectivity index (χ3n) is 4.04. The quantitative estimate of drug-likeness (QED) is 0.893. The molecule has 0 spiro atoms. The highest BCUT2D eigenvalue weighted by Gasteiger charge is 2.36. The number of hydrogen-bond acceptors (Lipinski definition) is 3. The van der Waals surface area contributed by atoms with Crippen LogP contribution in [0.1, 0.15) is 25.3 Å². The molecule has 0 aliphatic carbocycles. The maximum atomic E-state index is 14.2. The van der Waals surface area contributed by atoms with Gasteiger partial charge in [-0.1, -0.05) is 13.8 Å². The second-order valence-corrected chi connectivity index (χ2v) is 5.71. The standard InChI is InChI=1S/C14H19FN4O/c1-9(2)10-5-12(15)13(16-6-10)18-3-4-19-11(8-18)7-17-14(19)20/h5-6,9,11H,3-4,7-8H2,1-2H3,(H,17,20)/t11-/m0/s1. The summed E-state index contributed by atoms with van der Waals surface area (Å²) in [5.74, 6) is 0.384. The van der Waals surface area contributed by atoms with E-state index in [0.29, 0.717) is 32.0 Å². The predicted molar refractivity (Wildman–Crippen MR) is 74.4 cm³/mol. The fraction of sp³-hybridized carbons (Fsp3) is 0.571. The summed E-state index contributed by atoms with van der Waals surface area (Å²) in [4.78, 5) is 19.6. The van der Waals surface area contributed by atoms with E-state index >= 15 is 0 Å². The zero-order valence-corrected chi connectivity index (χ0v) is 11.8. The van der Waals surface area contributed by atoms with E-state index in [0.717, 1.165) is 5.56 Å². The van der Waals surface area contributed by atoms with E-state index in [-0.39, 0.29) is 23.8 Å². The summed E-state index contributed by atoms with van der Waals surface area (Å²) >= 11 is 0. The molecular formula is C14H19FN4O. The number of piperazine rings is 1. The van der Waals surface area contributed by atoms with Gasteiger partial charge in [0.25, 0.3) is 0 Å². The summed E-state index contributed by atoms with van der Waals surface area (Å²) in [5, 5.41) is 2.82. The molecule has 1 N–H and O–H groups in total. The second kappa shape index (κ2) is 4.92. The smallest absolute Gasteiger partial charge is 0.317 e. The Balaban J connectivity index is 1.79. The van der Waals surface area contributed by atoms with Gasteiger partial charge in [-0.3, -0.25) is 0 Å². The molecule has 6 heteroatoms. The first-order chi connectivity index (χ1) is 9.56. The van der Waals surface area contributed by atoms with Gasteiger partial charge in [-0.25, -0.2) is 14.2 Å². The molecule has 3 rings (SSSR count). The zero-order chi connectivity index (χ0) is 14.3. The minimum atomic E-state index is -0.276. The number of rotatable bonds is 2. The SMILES string of the molecule is CC(C)c1cnc(N2CCN3C(=O)NC[C@H]3C2)c(F)c1. The van der Waals surface area contributed by atoms with Crippen LogP contribution in [-0.2, 0) is 0 Å². The number of pyridine rings is 1. The Bertz CT molecular complexity index is 534. The fourth-order valence-electron chi connectivity index (χ4n) is 2.79. The molecule has 0 unspecified atom stereocenters. The normalized spacial score (nSPS) is 22.2. The molecule has 0 radical (unpaired) electrons. The van der Waals surface area contributed by atoms with Gasteiger partial charge in [0.1, 0.15) is 0 Å². The molecule has 20 heavy (non-hydrogen) atoms. The predicted octanol–water partition coefficient (Wildman–Crippen LogP) is 1.56. The van der Waals surface area contributed by atoms with Crippen LogP contribution in [0.5, 0.6) is 0 Å². The van der Waals surface area contributed by atoms with Gasteiger partial charge in [-0.2, -0.15) is 0 Å². The van der Waals surface area contributed by atoms with Crippen molar-refractivity contribution in [2.75, 3.05) is 31.1 Å². The number of carbonyl (C=O) groups excluding carboxylic acids is 1. The van der Waals surface area contributed by atoms with E-state index in [1.54, 1.807) is 12.3 Å². The minimum absolute atomic E-state index is 0.0155. The van der Waals surface area contributed by atoms with Crippen LogP contribution in [0.2, 0.25) is 0 Å². The maximum absolute atomic E-state index is 14.2. The van der Waals surface area contributed by atoms with Gasteiger partial charge in [0.15, 0.2) is 11.6 Å². The molecule has 2 fully saturated rings. The van der Waals surface area contributed by atoms with Crippen LogP contribution in [0, 0.1) is 5.82 Å². The van der Waals surface area contributed by atoms with Crippen LogP contribution in [0.3, 0.4) is 0 Å². The molecule has 1 aromatic heterocycles. The van der Waals surface area contributed by atoms with Crippen molar-refractivity contribution >= 4 is 11.8 Å². The molecule has 0 bridgehead atoms. The Morgan fingerprint density at radius 3 is 2.95 bits per heavy atom. The molecule has 3 heterocycles. The lowest BCUT2D eigenvalue weighted by Gasteiger charge is -2.37. The molecule has 1 atom stereocenters. The highest BCUT2D eigenvalue weighted by molar-refractivity contribution is 5.77. The largest absolute Gasteiger partial charge is 0.350 e. The summed E-state index contributed by atoms with van der Waals surface area (Å²) in [5.41, 5.74) is 0.905. The summed E-state index contributed by atoms with van der Waals surface area (Å²) in [6.45, 7) is 6.53. The molecule has 2 amide bonds. The van der Waals surface area contributed by atoms with Crippen LogP contribution < -0.4 is 10.2 Å². The van der Waals surface area contributed by atoms with Crippen molar-refractivity contribution in [1.82, 2.24) is 15.2 Å². The van der Waals surface area contributed by atoms with E-state index in [1.807, 2.05) is 23.6 Å². The van der Waals surface area contributed by atoms with Crippen molar-refractivity contribution in [1.29, 1.82) is 0 Å². The van der Waals surface area contributed by atoms with Crippen LogP contribution >= 0.6 is 0 Å². The third kappa shape index (κ3) is 2.19. The van der Waals surface area contributed by atoms with E-state index < -0.39 is 0 Å². The van der Waals surface area contributed by atoms with Gasteiger partial charge >= 0.3 is 6.03 Å². The number of hydrogen-bond donors (Lipinski definition) is 1. The van der Waals surface area contributed by atoms with Gasteiger partial charge in [0.2, 0.25) is 0 Å². The fourth-order valence-corrected chi connectivity index (χ4v) is 2.79. The van der Waals surface area contributed by atoms with Gasteiger partial charge < -0.3 is 15.1 Å². The van der Waals surface area contributed by atoms with Crippen LogP contribution in [0.15, 0.2) is 12.3 Å². The Labute approximate surface area is 117 Å². The van der Waals surface area contributed by atoms with Crippen LogP contribution in [0.25, 0.3) is 0 Å². The van der Waals surface area contributed by atoms with E-state index in [9.17, 15) is 9.18 Å². The maximum Gasteiger partial charge on any atom is 0.317 e. The number of fused-ring (bicyclic) bond motifs is 1. The van der Waals surface area contributed by atoms with Crippen molar-refractivity contribution in [2.24, 2.45) is 0 Å². The summed E-state index contributed by atoms with van der Waals surface area (Å²) in [7, 11) is 0. The van der Waals surface area contributed by atoms with Gasteiger partial charge in [0.05, 0.1) is 6.04 Å². The molecular weight excluding hydrogens is 259 g/mol. The lowest BCUT2D eigenvalue weighted by molar-refractivity contribution is 0.197. The highest BCUT2D eigenvalue weighted by atomic mass is 19.1. The van der Waals surface area contributed by atoms with Crippen molar-refractivity contribution in [3.63, 3.8) is 0 Å². The topological polar surface area (TPSA) is 48.5 Å². The summed E-state index contributed by atoms with van der Waals surface area (Å²) in [6.07, 6.45) is 1.74. The number of urea groups is 1. The van der Waals surface area contributed by atoms with Crippen molar-refractivity contribution in [3.8, 4) is 0 Å². The molecule has 2 aliphatic heterocycles. The first-order valence-electron chi connectivity index (χ1n) is 7.01. The van der Waals surface area contributed by atoms with Gasteiger partial charge in [-0.15, -0.1) is 0 Å². The van der Waals surface area contributed by atoms with E-state index in [1.165, 1.54) is 0 Å². The van der Waals surface area contributed by atoms with Crippen LogP contribution in [0.4, 0.5) is 15.0 Å². The van der Waals surface area contributed by atoms with Gasteiger partial charge in [-0.05, 0) is 17.5 Å². The molecule has 5 nitrogen and oxygen atoms in total. The Kier molecular flexibility index (Phi) is 3.23. The van der Waals surface area contributed by atoms with Crippen molar-refractivity contribution < 1.29 is 9.18 Å². The number of nitrogens with zero attached hydrogens (tertiary/aromatic N) is 3. The first-order valence-corrected chi connectivity index (χ1v) is 7.01. The number of nitrogens with one attached hydrogen (secondary N) is 1. The summed E-state index contributed by atoms with van der Waals surface area (Å²) < 4.78 is 14.2. The number of amides is 2. The number of anilines is 1. The molecule has 0 aromatic carbocycles. The lowest BCUT2D eigenvalue weighted by Crippen LogP contribution is -2.52. The van der Waals surface area contributed by atoms with E-state index in [2.05, 4.69) is 10.3 Å². The molecule has 108 valence electrons. The number of carbonyl (C=O) groups is 1. The molecule has 1 aromatic rings. The number of halogens is 1. The summed E-state index contributed by atoms with van der Waals surface area (Å²) in [6, 6.07) is 1.66. The zero-order valence-electron chi connectivity index (χ0n) is 11.8. The van der Waals surface area contributed by atoms with Crippen molar-refractivity contribution in [3.05, 3.63) is 23.6 Å². The highest BCUT2D eigenvalue weighted by Crippen LogP contribution is 2.24. The van der Waals surface area contributed by atoms with Crippen LogP contribution in [-0.4, -0.2) is 48.1 Å². The molecule has 2 saturated heterocycles. The van der Waals surface area contributed by atoms with Gasteiger partial charge in [0, 0.05) is 32.4 Å². The van der Waals surface area contributed by atoms with Crippen molar-refractivity contribution in [2.45, 2.75) is 25.8 Å². The first kappa shape index (κ1) is 13.1.